The van der Waals surface area contributed by atoms with Crippen LogP contribution in [0.5, 0.6) is 0 Å². The van der Waals surface area contributed by atoms with Crippen molar-refractivity contribution in [2.75, 3.05) is 6.61 Å². The molecule has 2 heterocycles. The van der Waals surface area contributed by atoms with Gasteiger partial charge in [0.25, 0.3) is 0 Å². The number of hydrogen-bond acceptors (Lipinski definition) is 4. The minimum absolute atomic E-state index is 0.000693. The molecule has 0 spiro atoms. The number of pyridine rings is 1. The van der Waals surface area contributed by atoms with Crippen LogP contribution in [0, 0.1) is 5.92 Å². The molecule has 2 atom stereocenters. The van der Waals surface area contributed by atoms with Gasteiger partial charge in [-0.3, -0.25) is 14.6 Å². The predicted octanol–water partition coefficient (Wildman–Crippen LogP) is 1.02. The maximum Gasteiger partial charge on any atom is 0.249 e. The van der Waals surface area contributed by atoms with E-state index in [4.69, 9.17) is 4.74 Å². The first-order valence-electron chi connectivity index (χ1n) is 7.66. The van der Waals surface area contributed by atoms with Crippen LogP contribution in [-0.2, 0) is 20.9 Å². The molecule has 1 fully saturated rings. The molecule has 2 amide bonds. The van der Waals surface area contributed by atoms with Crippen LogP contribution in [0.1, 0.15) is 32.3 Å². The van der Waals surface area contributed by atoms with Crippen molar-refractivity contribution in [2.24, 2.45) is 5.92 Å². The topological polar surface area (TPSA) is 80.3 Å². The van der Waals surface area contributed by atoms with E-state index in [-0.39, 0.29) is 17.7 Å². The molecule has 2 N–H and O–H groups in total. The third-order valence-electron chi connectivity index (χ3n) is 3.66. The Morgan fingerprint density at radius 3 is 2.86 bits per heavy atom. The molecule has 0 aliphatic carbocycles. The van der Waals surface area contributed by atoms with E-state index in [1.165, 1.54) is 0 Å². The van der Waals surface area contributed by atoms with E-state index in [1.807, 2.05) is 26.0 Å². The van der Waals surface area contributed by atoms with Crippen molar-refractivity contribution in [3.8, 4) is 0 Å². The summed E-state index contributed by atoms with van der Waals surface area (Å²) in [5.74, 6) is -0.392. The van der Waals surface area contributed by atoms with Gasteiger partial charge in [-0.2, -0.15) is 0 Å². The fraction of sp³-hybridized carbons (Fsp3) is 0.562. The molecule has 0 bridgehead atoms. The summed E-state index contributed by atoms with van der Waals surface area (Å²) in [6.07, 6.45) is 4.57. The lowest BCUT2D eigenvalue weighted by Gasteiger charge is -2.23. The average molecular weight is 305 g/mol. The zero-order chi connectivity index (χ0) is 15.9. The molecular formula is C16H23N3O3. The molecule has 1 aliphatic rings. The summed E-state index contributed by atoms with van der Waals surface area (Å²) in [4.78, 5) is 28.4. The van der Waals surface area contributed by atoms with Crippen molar-refractivity contribution < 1.29 is 14.3 Å². The van der Waals surface area contributed by atoms with Gasteiger partial charge in [0.1, 0.15) is 12.1 Å². The number of amides is 2. The molecular weight excluding hydrogens is 282 g/mol. The highest BCUT2D eigenvalue weighted by molar-refractivity contribution is 5.89. The standard InChI is InChI=1S/C16H23N3O3/c1-11(2)14(19-15(20)13-6-4-8-22-13)16(21)18-10-12-5-3-7-17-9-12/h3,5,7,9,11,13-14H,4,6,8,10H2,1-2H3,(H,18,21)(H,19,20)/t13?,14-/m0/s1. The number of nitrogens with one attached hydrogen (secondary N) is 2. The molecule has 0 saturated carbocycles. The molecule has 1 unspecified atom stereocenters. The number of hydrogen-bond donors (Lipinski definition) is 2. The van der Waals surface area contributed by atoms with E-state index in [0.717, 1.165) is 12.0 Å². The van der Waals surface area contributed by atoms with Crippen LogP contribution in [0.15, 0.2) is 24.5 Å². The first kappa shape index (κ1) is 16.4. The number of carbonyl (C=O) groups is 2. The molecule has 0 radical (unpaired) electrons. The second-order valence-corrected chi connectivity index (χ2v) is 5.81. The summed E-state index contributed by atoms with van der Waals surface area (Å²) in [7, 11) is 0. The Bertz CT molecular complexity index is 499. The molecule has 6 heteroatoms. The second-order valence-electron chi connectivity index (χ2n) is 5.81. The van der Waals surface area contributed by atoms with Crippen molar-refractivity contribution in [3.63, 3.8) is 0 Å². The number of nitrogens with zero attached hydrogens (tertiary/aromatic N) is 1. The lowest BCUT2D eigenvalue weighted by Crippen LogP contribution is -2.52. The van der Waals surface area contributed by atoms with E-state index in [0.29, 0.717) is 19.6 Å². The molecule has 1 aromatic heterocycles. The Hall–Kier alpha value is -1.95. The van der Waals surface area contributed by atoms with E-state index in [9.17, 15) is 9.59 Å². The summed E-state index contributed by atoms with van der Waals surface area (Å²) >= 11 is 0. The van der Waals surface area contributed by atoms with Gasteiger partial charge in [-0.15, -0.1) is 0 Å². The summed E-state index contributed by atoms with van der Waals surface area (Å²) < 4.78 is 5.35. The summed E-state index contributed by atoms with van der Waals surface area (Å²) in [5.41, 5.74) is 0.920. The lowest BCUT2D eigenvalue weighted by molar-refractivity contribution is -0.135. The van der Waals surface area contributed by atoms with Crippen LogP contribution in [0.2, 0.25) is 0 Å². The van der Waals surface area contributed by atoms with Gasteiger partial charge < -0.3 is 15.4 Å². The Kier molecular flexibility index (Phi) is 5.89. The minimum Gasteiger partial charge on any atom is -0.368 e. The zero-order valence-corrected chi connectivity index (χ0v) is 13.0. The average Bonchev–Trinajstić information content (AvgIpc) is 3.05. The molecule has 1 aromatic rings. The van der Waals surface area contributed by atoms with Crippen LogP contribution < -0.4 is 10.6 Å². The van der Waals surface area contributed by atoms with Crippen molar-refractivity contribution in [1.29, 1.82) is 0 Å². The molecule has 2 rings (SSSR count). The molecule has 120 valence electrons. The Labute approximate surface area is 130 Å². The van der Waals surface area contributed by atoms with Gasteiger partial charge in [0.15, 0.2) is 0 Å². The van der Waals surface area contributed by atoms with Crippen molar-refractivity contribution in [2.45, 2.75) is 45.4 Å². The van der Waals surface area contributed by atoms with Crippen LogP contribution in [-0.4, -0.2) is 35.6 Å². The first-order valence-corrected chi connectivity index (χ1v) is 7.66. The highest BCUT2D eigenvalue weighted by Crippen LogP contribution is 2.13. The normalized spacial score (nSPS) is 19.0. The third kappa shape index (κ3) is 4.53. The van der Waals surface area contributed by atoms with Crippen molar-refractivity contribution in [1.82, 2.24) is 15.6 Å². The second kappa shape index (κ2) is 7.89. The largest absolute Gasteiger partial charge is 0.368 e. The Balaban J connectivity index is 1.89. The van der Waals surface area contributed by atoms with Gasteiger partial charge in [-0.1, -0.05) is 19.9 Å². The molecule has 1 saturated heterocycles. The monoisotopic (exact) mass is 305 g/mol. The van der Waals surface area contributed by atoms with Crippen molar-refractivity contribution >= 4 is 11.8 Å². The molecule has 6 nitrogen and oxygen atoms in total. The summed E-state index contributed by atoms with van der Waals surface area (Å²) in [6.45, 7) is 4.82. The first-order chi connectivity index (χ1) is 10.6. The smallest absolute Gasteiger partial charge is 0.249 e. The zero-order valence-electron chi connectivity index (χ0n) is 13.0. The third-order valence-corrected chi connectivity index (χ3v) is 3.66. The van der Waals surface area contributed by atoms with Crippen LogP contribution in [0.3, 0.4) is 0 Å². The lowest BCUT2D eigenvalue weighted by atomic mass is 10.0. The summed E-state index contributed by atoms with van der Waals surface area (Å²) in [6, 6.07) is 3.15. The van der Waals surface area contributed by atoms with E-state index in [1.54, 1.807) is 12.4 Å². The highest BCUT2D eigenvalue weighted by Gasteiger charge is 2.29. The quantitative estimate of drug-likeness (QED) is 0.822. The van der Waals surface area contributed by atoms with Gasteiger partial charge in [0.2, 0.25) is 11.8 Å². The number of aromatic nitrogens is 1. The molecule has 0 aromatic carbocycles. The fourth-order valence-electron chi connectivity index (χ4n) is 2.37. The van der Waals surface area contributed by atoms with Gasteiger partial charge in [0.05, 0.1) is 0 Å². The predicted molar refractivity (Wildman–Crippen MR) is 81.8 cm³/mol. The Morgan fingerprint density at radius 1 is 1.45 bits per heavy atom. The van der Waals surface area contributed by atoms with Crippen molar-refractivity contribution in [3.05, 3.63) is 30.1 Å². The van der Waals surface area contributed by atoms with Gasteiger partial charge in [-0.05, 0) is 30.4 Å². The van der Waals surface area contributed by atoms with E-state index >= 15 is 0 Å². The van der Waals surface area contributed by atoms with Gasteiger partial charge in [0, 0.05) is 25.5 Å². The highest BCUT2D eigenvalue weighted by atomic mass is 16.5. The fourth-order valence-corrected chi connectivity index (χ4v) is 2.37. The number of carbonyl (C=O) groups excluding carboxylic acids is 2. The molecule has 1 aliphatic heterocycles. The van der Waals surface area contributed by atoms with Crippen LogP contribution >= 0.6 is 0 Å². The van der Waals surface area contributed by atoms with Gasteiger partial charge >= 0.3 is 0 Å². The Morgan fingerprint density at radius 2 is 2.27 bits per heavy atom. The van der Waals surface area contributed by atoms with Crippen LogP contribution in [0.25, 0.3) is 0 Å². The number of rotatable bonds is 6. The number of ether oxygens (including phenoxy) is 1. The maximum absolute atomic E-state index is 12.3. The molecule has 22 heavy (non-hydrogen) atoms. The van der Waals surface area contributed by atoms with Crippen LogP contribution in [0.4, 0.5) is 0 Å². The minimum atomic E-state index is -0.562. The summed E-state index contributed by atoms with van der Waals surface area (Å²) in [5, 5.41) is 5.64. The van der Waals surface area contributed by atoms with E-state index in [2.05, 4.69) is 15.6 Å². The van der Waals surface area contributed by atoms with E-state index < -0.39 is 12.1 Å². The SMILES string of the molecule is CC(C)[C@H](NC(=O)C1CCCO1)C(=O)NCc1cccnc1. The van der Waals surface area contributed by atoms with Gasteiger partial charge in [-0.25, -0.2) is 0 Å². The maximum atomic E-state index is 12.3.